The molecular formula is C71H92ClN12O12+. The molecule has 0 unspecified atom stereocenters. The highest BCUT2D eigenvalue weighted by Crippen LogP contribution is 2.38. The number of phenols is 1. The molecule has 1 aliphatic heterocycles. The Kier molecular flexibility index (Phi) is 27.1. The molecule has 514 valence electrons. The Bertz CT molecular complexity index is 3760. The Morgan fingerprint density at radius 1 is 0.792 bits per heavy atom. The predicted molar refractivity (Wildman–Crippen MR) is 366 cm³/mol. The van der Waals surface area contributed by atoms with Crippen LogP contribution in [0.5, 0.6) is 5.75 Å². The van der Waals surface area contributed by atoms with Gasteiger partial charge in [0.1, 0.15) is 36.1 Å². The molecular weight excluding hydrogens is 1250 g/mol. The van der Waals surface area contributed by atoms with Crippen molar-refractivity contribution < 1.29 is 62.5 Å². The monoisotopic (exact) mass is 1340 g/mol. The number of carbonyl (C=O) groups excluding carboxylic acids is 6. The van der Waals surface area contributed by atoms with E-state index in [1.165, 1.54) is 22.6 Å². The zero-order chi connectivity index (χ0) is 69.8. The number of nitriles is 1. The van der Waals surface area contributed by atoms with Crippen molar-refractivity contribution in [1.29, 1.82) is 5.26 Å². The van der Waals surface area contributed by atoms with Gasteiger partial charge in [0.25, 0.3) is 11.8 Å². The molecule has 0 bridgehead atoms. The fourth-order valence-corrected chi connectivity index (χ4v) is 12.0. The lowest BCUT2D eigenvalue weighted by molar-refractivity contribution is -0.903. The second-order valence-electron chi connectivity index (χ2n) is 25.1. The van der Waals surface area contributed by atoms with Crippen LogP contribution < -0.4 is 37.2 Å². The van der Waals surface area contributed by atoms with Crippen LogP contribution in [0.25, 0.3) is 11.3 Å². The van der Waals surface area contributed by atoms with Gasteiger partial charge in [-0.05, 0) is 142 Å². The number of amides is 7. The molecule has 7 amide bonds. The van der Waals surface area contributed by atoms with E-state index < -0.39 is 41.8 Å². The number of phenolic OH excluding ortho intramolecular Hbond substituents is 1. The summed E-state index contributed by atoms with van der Waals surface area (Å²) in [6.07, 6.45) is 2.43. The molecule has 0 spiro atoms. The van der Waals surface area contributed by atoms with Gasteiger partial charge in [-0.15, -0.1) is 0 Å². The quantitative estimate of drug-likeness (QED) is 0.0138. The zero-order valence-corrected chi connectivity index (χ0v) is 57.1. The van der Waals surface area contributed by atoms with Crippen LogP contribution in [0.3, 0.4) is 0 Å². The average molecular weight is 1340 g/mol. The first-order valence-corrected chi connectivity index (χ1v) is 32.7. The van der Waals surface area contributed by atoms with Crippen molar-refractivity contribution in [3.05, 3.63) is 153 Å². The van der Waals surface area contributed by atoms with Gasteiger partial charge in [0.15, 0.2) is 0 Å². The number of ether oxygens (including phenoxy) is 3. The van der Waals surface area contributed by atoms with E-state index in [1.807, 2.05) is 67.7 Å². The SMILES string of the molecule is CNCc1cc(NC(=O)[C@H](CCCNC(N)=O)NC(=O)[C@@H](NC(=O)CCOCCOCCOCCC(=O)O)C(C)C)ccc1C[N+](C)(C)CCC[C@@H]1Cc2ccccc2CN1C(=O)c1ccc(Cl)cc1-c1cc(C(=O)N(c2ccc(O)cc2)c2cc(C#N)n(C)c2C)c(C)n1C. The van der Waals surface area contributed by atoms with E-state index in [-0.39, 0.29) is 95.0 Å². The molecule has 2 aromatic heterocycles. The number of carbonyl (C=O) groups is 7. The lowest BCUT2D eigenvalue weighted by Gasteiger charge is -2.38. The number of nitrogens with zero attached hydrogens (tertiary/aromatic N) is 6. The van der Waals surface area contributed by atoms with Crippen molar-refractivity contribution in [1.82, 2.24) is 35.3 Å². The van der Waals surface area contributed by atoms with Gasteiger partial charge in [0.05, 0.1) is 78.0 Å². The first kappa shape index (κ1) is 74.3. The van der Waals surface area contributed by atoms with E-state index in [1.54, 1.807) is 67.9 Å². The summed E-state index contributed by atoms with van der Waals surface area (Å²) in [6.45, 7) is 10.8. The molecule has 4 aromatic carbocycles. The molecule has 0 aliphatic carbocycles. The van der Waals surface area contributed by atoms with Crippen molar-refractivity contribution in [3.8, 4) is 23.1 Å². The lowest BCUT2D eigenvalue weighted by Crippen LogP contribution is -2.54. The van der Waals surface area contributed by atoms with Crippen LogP contribution in [0.4, 0.5) is 21.9 Å². The second-order valence-corrected chi connectivity index (χ2v) is 25.6. The summed E-state index contributed by atoms with van der Waals surface area (Å²) < 4.78 is 20.3. The number of benzene rings is 4. The van der Waals surface area contributed by atoms with E-state index in [0.717, 1.165) is 29.7 Å². The summed E-state index contributed by atoms with van der Waals surface area (Å²) in [7, 11) is 9.80. The number of primary amides is 1. The topological polar surface area (TPSA) is 314 Å². The summed E-state index contributed by atoms with van der Waals surface area (Å²) in [5.74, 6) is -3.30. The normalized spacial score (nSPS) is 13.5. The van der Waals surface area contributed by atoms with Crippen LogP contribution in [0.1, 0.15) is 112 Å². The summed E-state index contributed by atoms with van der Waals surface area (Å²) >= 11 is 6.80. The van der Waals surface area contributed by atoms with E-state index in [0.29, 0.717) is 105 Å². The van der Waals surface area contributed by atoms with Crippen LogP contribution >= 0.6 is 11.6 Å². The van der Waals surface area contributed by atoms with Crippen molar-refractivity contribution in [2.45, 2.75) is 110 Å². The van der Waals surface area contributed by atoms with Crippen LogP contribution in [0.15, 0.2) is 97.1 Å². The lowest BCUT2D eigenvalue weighted by atomic mass is 9.90. The summed E-state index contributed by atoms with van der Waals surface area (Å²) in [6, 6.07) is 28.2. The molecule has 96 heavy (non-hydrogen) atoms. The number of nitrogens with two attached hydrogens (primary N) is 1. The minimum Gasteiger partial charge on any atom is -0.508 e. The molecule has 6 aromatic rings. The number of urea groups is 1. The molecule has 24 nitrogen and oxygen atoms in total. The summed E-state index contributed by atoms with van der Waals surface area (Å²) in [5, 5.41) is 43.7. The van der Waals surface area contributed by atoms with E-state index in [9.17, 15) is 34.3 Å². The van der Waals surface area contributed by atoms with Crippen LogP contribution in [-0.4, -0.2) is 162 Å². The Hall–Kier alpha value is -9.09. The van der Waals surface area contributed by atoms with Crippen LogP contribution in [0, 0.1) is 31.1 Å². The van der Waals surface area contributed by atoms with Crippen molar-refractivity contribution in [3.63, 3.8) is 0 Å². The maximum absolute atomic E-state index is 15.5. The van der Waals surface area contributed by atoms with Crippen molar-refractivity contribution in [2.75, 3.05) is 84.1 Å². The van der Waals surface area contributed by atoms with Crippen LogP contribution in [-0.2, 0) is 73.5 Å². The number of fused-ring (bicyclic) bond motifs is 1. The standard InChI is InChI=1S/C71H91ClN12O12/c1-45(2)66(79-64(86)26-30-94-32-34-96-35-33-95-31-27-65(87)88)68(90)78-61(17-12-28-76-71(74)93)67(89)77-53-20-18-50(51(36-53)42-75-5)44-84(8,9)29-13-16-55-37-48-14-10-11-15-49(48)43-82(55)69(91)58-25-19-52(72)38-60(58)63-40-59(46(3)81(63)7)70(92)83(54-21-23-57(85)24-22-54)62-39-56(41-73)80(6)47(62)4/h10-11,14-15,18-25,36,38-40,45,55,61,66,75H,12-13,16-17,26-35,37,42-44H2,1-9H3,(H7-,74,76,77,78,79,85,86,87,88,89,90,93)/p+1/t55-,61+,66+/m1/s1. The molecule has 0 saturated carbocycles. The maximum atomic E-state index is 15.5. The highest BCUT2D eigenvalue weighted by Gasteiger charge is 2.35. The Labute approximate surface area is 566 Å². The number of aromatic nitrogens is 2. The molecule has 0 radical (unpaired) electrons. The first-order valence-electron chi connectivity index (χ1n) is 32.3. The summed E-state index contributed by atoms with van der Waals surface area (Å²) in [4.78, 5) is 97.3. The first-order chi connectivity index (χ1) is 45.8. The van der Waals surface area contributed by atoms with Gasteiger partial charge in [-0.25, -0.2) is 4.79 Å². The van der Waals surface area contributed by atoms with Gasteiger partial charge >= 0.3 is 12.0 Å². The third-order valence-corrected chi connectivity index (χ3v) is 17.6. The van der Waals surface area contributed by atoms with E-state index in [4.69, 9.17) is 36.7 Å². The Balaban J connectivity index is 1.02. The molecule has 0 fully saturated rings. The number of aromatic hydroxyl groups is 1. The smallest absolute Gasteiger partial charge is 0.312 e. The van der Waals surface area contributed by atoms with E-state index >= 15 is 9.59 Å². The number of aliphatic carboxylic acids is 1. The predicted octanol–water partition coefficient (Wildman–Crippen LogP) is 8.13. The minimum absolute atomic E-state index is 0.0312. The fourth-order valence-electron chi connectivity index (χ4n) is 11.9. The number of nitrogens with one attached hydrogen (secondary N) is 5. The molecule has 1 aliphatic rings. The number of carboxylic acid groups (broad SMARTS) is 1. The van der Waals surface area contributed by atoms with Gasteiger partial charge in [0.2, 0.25) is 17.7 Å². The zero-order valence-electron chi connectivity index (χ0n) is 56.4. The fraction of sp³-hybridized carbons (Fsp3) is 0.437. The van der Waals surface area contributed by atoms with Gasteiger partial charge in [0, 0.05) is 96.4 Å². The second kappa shape index (κ2) is 35.1. The number of halogens is 1. The van der Waals surface area contributed by atoms with Gasteiger partial charge in [-0.3, -0.25) is 33.7 Å². The molecule has 3 atom stereocenters. The molecule has 0 saturated heterocycles. The molecule has 25 heteroatoms. The van der Waals surface area contributed by atoms with Gasteiger partial charge in [-0.1, -0.05) is 55.8 Å². The number of rotatable bonds is 35. The third-order valence-electron chi connectivity index (χ3n) is 17.3. The maximum Gasteiger partial charge on any atom is 0.312 e. The highest BCUT2D eigenvalue weighted by atomic mass is 35.5. The Morgan fingerprint density at radius 3 is 2.11 bits per heavy atom. The molecule has 7 rings (SSSR count). The number of hydrogen-bond donors (Lipinski definition) is 8. The Morgan fingerprint density at radius 2 is 1.47 bits per heavy atom. The van der Waals surface area contributed by atoms with Gasteiger partial charge in [-0.2, -0.15) is 5.26 Å². The average Bonchev–Trinajstić information content (AvgIpc) is 1.54. The summed E-state index contributed by atoms with van der Waals surface area (Å²) in [5.41, 5.74) is 14.7. The molecule has 3 heterocycles. The highest BCUT2D eigenvalue weighted by molar-refractivity contribution is 6.31. The van der Waals surface area contributed by atoms with Gasteiger partial charge < -0.3 is 75.3 Å². The van der Waals surface area contributed by atoms with Crippen molar-refractivity contribution in [2.24, 2.45) is 25.7 Å². The van der Waals surface area contributed by atoms with Crippen molar-refractivity contribution >= 4 is 70.2 Å². The third kappa shape index (κ3) is 20.2. The molecule has 9 N–H and O–H groups in total. The number of anilines is 3. The number of carboxylic acids is 1. The minimum atomic E-state index is -1.06. The number of hydrogen-bond acceptors (Lipinski definition) is 13. The van der Waals surface area contributed by atoms with E-state index in [2.05, 4.69) is 58.9 Å². The van der Waals surface area contributed by atoms with Crippen LogP contribution in [0.2, 0.25) is 5.02 Å². The largest absolute Gasteiger partial charge is 0.508 e. The number of quaternary nitrogens is 1.